The molecule has 1 unspecified atom stereocenters. The van der Waals surface area contributed by atoms with Crippen molar-refractivity contribution in [1.82, 2.24) is 10.4 Å². The van der Waals surface area contributed by atoms with E-state index in [1.807, 2.05) is 54.6 Å². The summed E-state index contributed by atoms with van der Waals surface area (Å²) in [7, 11) is 1.63. The summed E-state index contributed by atoms with van der Waals surface area (Å²) in [6.45, 7) is 7.77. The largest absolute Gasteiger partial charge is 0.497 e. The molecule has 0 bridgehead atoms. The Morgan fingerprint density at radius 1 is 1.13 bits per heavy atom. The molecule has 2 aliphatic heterocycles. The summed E-state index contributed by atoms with van der Waals surface area (Å²) in [6.07, 6.45) is 4.32. The number of hydroxylamine groups is 1. The molecule has 2 aliphatic rings. The van der Waals surface area contributed by atoms with E-state index in [0.717, 1.165) is 36.6 Å². The van der Waals surface area contributed by atoms with Gasteiger partial charge in [0.15, 0.2) is 0 Å². The molecule has 2 fully saturated rings. The van der Waals surface area contributed by atoms with Crippen molar-refractivity contribution in [3.63, 3.8) is 0 Å². The first-order valence-electron chi connectivity index (χ1n) is 10.7. The third kappa shape index (κ3) is 4.81. The highest BCUT2D eigenvalue weighted by molar-refractivity contribution is 6.15. The highest BCUT2D eigenvalue weighted by Gasteiger charge is 2.43. The Hall–Kier alpha value is -3.09. The number of nitrogens with zero attached hydrogens (tertiary/aromatic N) is 2. The zero-order valence-corrected chi connectivity index (χ0v) is 17.9. The van der Waals surface area contributed by atoms with Gasteiger partial charge < -0.3 is 9.64 Å². The molecule has 0 saturated carbocycles. The number of allylic oxidation sites excluding steroid dienone is 1. The number of carbonyl (C=O) groups is 1. The molecule has 0 spiro atoms. The molecule has 4 rings (SSSR count). The monoisotopic (exact) mass is 419 g/mol. The van der Waals surface area contributed by atoms with E-state index in [9.17, 15) is 4.79 Å². The number of benzene rings is 2. The Labute approximate surface area is 183 Å². The minimum atomic E-state index is -0.176. The van der Waals surface area contributed by atoms with Gasteiger partial charge in [0.1, 0.15) is 5.75 Å². The molecule has 1 amide bonds. The number of hydrogen-bond acceptors (Lipinski definition) is 5. The van der Waals surface area contributed by atoms with E-state index < -0.39 is 0 Å². The fraction of sp³-hybridized carbons (Fsp3) is 0.320. The maximum Gasteiger partial charge on any atom is 0.257 e. The summed E-state index contributed by atoms with van der Waals surface area (Å²) in [5.41, 5.74) is 6.01. The van der Waals surface area contributed by atoms with Gasteiger partial charge in [-0.15, -0.1) is 0 Å². The lowest BCUT2D eigenvalue weighted by molar-refractivity contribution is -0.119. The SMILES string of the molecule is C=C(C=C1C(=O)N(c2ccc(OC)cc2)C1c1ccccc1)NOCCN1CCCC1. The molecule has 6 nitrogen and oxygen atoms in total. The summed E-state index contributed by atoms with van der Waals surface area (Å²) in [4.78, 5) is 22.8. The van der Waals surface area contributed by atoms with Crippen LogP contribution in [0, 0.1) is 0 Å². The van der Waals surface area contributed by atoms with Crippen molar-refractivity contribution < 1.29 is 14.4 Å². The van der Waals surface area contributed by atoms with Gasteiger partial charge in [0.05, 0.1) is 25.5 Å². The van der Waals surface area contributed by atoms with Crippen LogP contribution < -0.4 is 15.1 Å². The Bertz CT molecular complexity index is 934. The molecule has 2 aromatic carbocycles. The molecule has 0 radical (unpaired) electrons. The molecule has 1 N–H and O–H groups in total. The smallest absolute Gasteiger partial charge is 0.257 e. The average Bonchev–Trinajstić information content (AvgIpc) is 3.33. The number of β-lactam (4-membered cyclic amide) rings is 1. The number of nitrogens with one attached hydrogen (secondary N) is 1. The van der Waals surface area contributed by atoms with E-state index in [-0.39, 0.29) is 11.9 Å². The molecule has 31 heavy (non-hydrogen) atoms. The topological polar surface area (TPSA) is 54.0 Å². The lowest BCUT2D eigenvalue weighted by Gasteiger charge is -2.43. The highest BCUT2D eigenvalue weighted by Crippen LogP contribution is 2.43. The molecular formula is C25H29N3O3. The van der Waals surface area contributed by atoms with E-state index >= 15 is 0 Å². The third-order valence-electron chi connectivity index (χ3n) is 5.73. The van der Waals surface area contributed by atoms with Gasteiger partial charge in [-0.2, -0.15) is 0 Å². The standard InChI is InChI=1S/C25H29N3O3/c1-19(26-31-17-16-27-14-6-7-15-27)18-23-24(20-8-4-3-5-9-20)28(25(23)29)21-10-12-22(30-2)13-11-21/h3-5,8-13,18,24,26H,1,6-7,14-17H2,2H3. The number of anilines is 1. The van der Waals surface area contributed by atoms with Crippen molar-refractivity contribution in [2.75, 3.05) is 38.3 Å². The number of hydrogen-bond donors (Lipinski definition) is 1. The van der Waals surface area contributed by atoms with E-state index in [1.54, 1.807) is 18.1 Å². The third-order valence-corrected chi connectivity index (χ3v) is 5.73. The van der Waals surface area contributed by atoms with Gasteiger partial charge in [-0.3, -0.25) is 20.0 Å². The molecule has 2 saturated heterocycles. The second-order valence-corrected chi connectivity index (χ2v) is 7.81. The Morgan fingerprint density at radius 3 is 2.52 bits per heavy atom. The van der Waals surface area contributed by atoms with Gasteiger partial charge >= 0.3 is 0 Å². The van der Waals surface area contributed by atoms with Gasteiger partial charge in [-0.1, -0.05) is 36.9 Å². The molecule has 0 aliphatic carbocycles. The Balaban J connectivity index is 1.45. The number of carbonyl (C=O) groups excluding carboxylic acids is 1. The minimum Gasteiger partial charge on any atom is -0.497 e. The molecule has 0 aromatic heterocycles. The van der Waals surface area contributed by atoms with Crippen molar-refractivity contribution in [3.8, 4) is 5.75 Å². The average molecular weight is 420 g/mol. The van der Waals surface area contributed by atoms with Crippen LogP contribution in [0.1, 0.15) is 24.4 Å². The van der Waals surface area contributed by atoms with Gasteiger partial charge in [0.2, 0.25) is 0 Å². The van der Waals surface area contributed by atoms with Gasteiger partial charge in [-0.05, 0) is 61.8 Å². The van der Waals surface area contributed by atoms with Gasteiger partial charge in [0, 0.05) is 17.8 Å². The van der Waals surface area contributed by atoms with Gasteiger partial charge in [0.25, 0.3) is 5.91 Å². The lowest BCUT2D eigenvalue weighted by atomic mass is 9.86. The number of rotatable bonds is 9. The predicted octanol–water partition coefficient (Wildman–Crippen LogP) is 3.84. The van der Waals surface area contributed by atoms with E-state index in [0.29, 0.717) is 17.9 Å². The molecule has 2 aromatic rings. The molecule has 162 valence electrons. The maximum absolute atomic E-state index is 13.0. The fourth-order valence-corrected chi connectivity index (χ4v) is 4.10. The molecule has 6 heteroatoms. The second-order valence-electron chi connectivity index (χ2n) is 7.81. The van der Waals surface area contributed by atoms with E-state index in [1.165, 1.54) is 12.8 Å². The summed E-state index contributed by atoms with van der Waals surface area (Å²) in [5, 5.41) is 0. The van der Waals surface area contributed by atoms with Crippen molar-refractivity contribution in [1.29, 1.82) is 0 Å². The molecular weight excluding hydrogens is 390 g/mol. The van der Waals surface area contributed by atoms with E-state index in [2.05, 4.69) is 17.0 Å². The second kappa shape index (κ2) is 9.81. The van der Waals surface area contributed by atoms with E-state index in [4.69, 9.17) is 9.57 Å². The normalized spacial score (nSPS) is 20.0. The van der Waals surface area contributed by atoms with Crippen LogP contribution in [0.3, 0.4) is 0 Å². The summed E-state index contributed by atoms with van der Waals surface area (Å²) in [5.74, 6) is 0.714. The Kier molecular flexibility index (Phi) is 6.70. The molecule has 2 heterocycles. The van der Waals surface area contributed by atoms with Crippen molar-refractivity contribution in [3.05, 3.63) is 84.1 Å². The van der Waals surface area contributed by atoms with Crippen molar-refractivity contribution in [2.24, 2.45) is 0 Å². The number of ether oxygens (including phenoxy) is 1. The van der Waals surface area contributed by atoms with Crippen LogP contribution in [0.5, 0.6) is 5.75 Å². The quantitative estimate of drug-likeness (QED) is 0.290. The zero-order valence-electron chi connectivity index (χ0n) is 17.9. The molecule has 1 atom stereocenters. The van der Waals surface area contributed by atoms with Crippen LogP contribution in [0.2, 0.25) is 0 Å². The minimum absolute atomic E-state index is 0.0426. The van der Waals surface area contributed by atoms with Crippen LogP contribution in [0.15, 0.2) is 78.5 Å². The van der Waals surface area contributed by atoms with Crippen LogP contribution in [0.4, 0.5) is 5.69 Å². The first kappa shape index (κ1) is 21.2. The maximum atomic E-state index is 13.0. The van der Waals surface area contributed by atoms with Crippen molar-refractivity contribution in [2.45, 2.75) is 18.9 Å². The van der Waals surface area contributed by atoms with Crippen LogP contribution >= 0.6 is 0 Å². The van der Waals surface area contributed by atoms with Crippen LogP contribution in [0.25, 0.3) is 0 Å². The van der Waals surface area contributed by atoms with Crippen LogP contribution in [-0.2, 0) is 9.63 Å². The number of methoxy groups -OCH3 is 1. The van der Waals surface area contributed by atoms with Gasteiger partial charge in [-0.25, -0.2) is 0 Å². The highest BCUT2D eigenvalue weighted by atomic mass is 16.6. The summed E-state index contributed by atoms with van der Waals surface area (Å²) < 4.78 is 5.24. The Morgan fingerprint density at radius 2 is 1.84 bits per heavy atom. The van der Waals surface area contributed by atoms with Crippen LogP contribution in [-0.4, -0.2) is 44.2 Å². The predicted molar refractivity (Wildman–Crippen MR) is 122 cm³/mol. The summed E-state index contributed by atoms with van der Waals surface area (Å²) >= 11 is 0. The summed E-state index contributed by atoms with van der Waals surface area (Å²) in [6, 6.07) is 17.4. The van der Waals surface area contributed by atoms with Crippen molar-refractivity contribution >= 4 is 11.6 Å². The lowest BCUT2D eigenvalue weighted by Crippen LogP contribution is -2.49. The number of likely N-dealkylation sites (tertiary alicyclic amines) is 1. The number of amides is 1. The zero-order chi connectivity index (χ0) is 21.6. The fourth-order valence-electron chi connectivity index (χ4n) is 4.10. The first-order valence-corrected chi connectivity index (χ1v) is 10.7. The first-order chi connectivity index (χ1) is 15.2.